The van der Waals surface area contributed by atoms with Gasteiger partial charge >= 0.3 is 0 Å². The van der Waals surface area contributed by atoms with Gasteiger partial charge in [-0.05, 0) is 37.1 Å². The molecule has 1 heterocycles. The van der Waals surface area contributed by atoms with Crippen LogP contribution in [0, 0.1) is 6.92 Å². The summed E-state index contributed by atoms with van der Waals surface area (Å²) in [5, 5.41) is 10.3. The van der Waals surface area contributed by atoms with Crippen molar-refractivity contribution in [2.75, 3.05) is 6.61 Å². The highest BCUT2D eigenvalue weighted by Gasteiger charge is 2.11. The zero-order chi connectivity index (χ0) is 16.9. The molecule has 0 aliphatic carbocycles. The van der Waals surface area contributed by atoms with Crippen molar-refractivity contribution in [1.29, 1.82) is 0 Å². The standard InChI is InChI=1S/C20H22N2O2/c1-3-6-16-11-15(2)9-10-20(16)24-13-17(23)12-22-14-21-18-7-4-5-8-19(18)22/h3-5,7-11,14,17,23H,1,6,12-13H2,2H3/t17-/m0/s1. The minimum atomic E-state index is -0.611. The Morgan fingerprint density at radius 3 is 2.96 bits per heavy atom. The SMILES string of the molecule is C=CCc1cc(C)ccc1OC[C@@H](O)Cn1cnc2ccccc21. The second-order valence-corrected chi connectivity index (χ2v) is 5.95. The molecule has 0 saturated heterocycles. The number of rotatable bonds is 7. The number of nitrogens with zero attached hydrogens (tertiary/aromatic N) is 2. The molecule has 0 radical (unpaired) electrons. The topological polar surface area (TPSA) is 47.3 Å². The Bertz CT molecular complexity index is 839. The van der Waals surface area contributed by atoms with E-state index in [0.717, 1.165) is 28.8 Å². The molecule has 4 heteroatoms. The van der Waals surface area contributed by atoms with Crippen LogP contribution in [0.2, 0.25) is 0 Å². The van der Waals surface area contributed by atoms with Crippen LogP contribution in [0.1, 0.15) is 11.1 Å². The Labute approximate surface area is 142 Å². The fourth-order valence-electron chi connectivity index (χ4n) is 2.79. The molecule has 0 unspecified atom stereocenters. The minimum absolute atomic E-state index is 0.236. The zero-order valence-electron chi connectivity index (χ0n) is 13.9. The number of aliphatic hydroxyl groups is 1. The molecule has 0 spiro atoms. The molecule has 0 aliphatic rings. The third-order valence-electron chi connectivity index (χ3n) is 3.95. The maximum atomic E-state index is 10.3. The molecule has 3 aromatic rings. The van der Waals surface area contributed by atoms with Crippen LogP contribution in [0.25, 0.3) is 11.0 Å². The predicted molar refractivity (Wildman–Crippen MR) is 96.3 cm³/mol. The third-order valence-corrected chi connectivity index (χ3v) is 3.95. The fraction of sp³-hybridized carbons (Fsp3) is 0.250. The lowest BCUT2D eigenvalue weighted by molar-refractivity contribution is 0.0930. The number of hydrogen-bond acceptors (Lipinski definition) is 3. The molecular formula is C20H22N2O2. The number of aryl methyl sites for hydroxylation is 1. The molecule has 4 nitrogen and oxygen atoms in total. The number of fused-ring (bicyclic) bond motifs is 1. The second-order valence-electron chi connectivity index (χ2n) is 5.95. The van der Waals surface area contributed by atoms with Gasteiger partial charge in [0, 0.05) is 0 Å². The number of hydrogen-bond donors (Lipinski definition) is 1. The number of ether oxygens (including phenoxy) is 1. The first-order valence-corrected chi connectivity index (χ1v) is 8.08. The first kappa shape index (κ1) is 16.3. The predicted octanol–water partition coefficient (Wildman–Crippen LogP) is 3.51. The summed E-state index contributed by atoms with van der Waals surface area (Å²) in [5.74, 6) is 0.801. The molecule has 1 atom stereocenters. The molecule has 0 aliphatic heterocycles. The molecule has 1 N–H and O–H groups in total. The molecule has 0 bridgehead atoms. The molecule has 2 aromatic carbocycles. The average Bonchev–Trinajstić information content (AvgIpc) is 2.98. The van der Waals surface area contributed by atoms with Crippen molar-refractivity contribution in [3.05, 3.63) is 72.6 Å². The van der Waals surface area contributed by atoms with E-state index in [-0.39, 0.29) is 6.61 Å². The van der Waals surface area contributed by atoms with Gasteiger partial charge in [-0.15, -0.1) is 6.58 Å². The van der Waals surface area contributed by atoms with Gasteiger partial charge in [0.25, 0.3) is 0 Å². The summed E-state index contributed by atoms with van der Waals surface area (Å²) in [6.07, 6.45) is 3.75. The van der Waals surface area contributed by atoms with Crippen LogP contribution in [-0.4, -0.2) is 27.4 Å². The van der Waals surface area contributed by atoms with Crippen molar-refractivity contribution in [3.63, 3.8) is 0 Å². The van der Waals surface area contributed by atoms with Crippen LogP contribution in [-0.2, 0) is 13.0 Å². The van der Waals surface area contributed by atoms with Crippen LogP contribution in [0.4, 0.5) is 0 Å². The number of aromatic nitrogens is 2. The molecule has 0 amide bonds. The van der Waals surface area contributed by atoms with Crippen molar-refractivity contribution in [3.8, 4) is 5.75 Å². The smallest absolute Gasteiger partial charge is 0.122 e. The van der Waals surface area contributed by atoms with Gasteiger partial charge in [0.05, 0.1) is 23.9 Å². The summed E-state index contributed by atoms with van der Waals surface area (Å²) in [7, 11) is 0. The first-order chi connectivity index (χ1) is 11.7. The molecule has 124 valence electrons. The fourth-order valence-corrected chi connectivity index (χ4v) is 2.79. The highest BCUT2D eigenvalue weighted by atomic mass is 16.5. The van der Waals surface area contributed by atoms with Gasteiger partial charge in [-0.3, -0.25) is 0 Å². The molecule has 3 rings (SSSR count). The van der Waals surface area contributed by atoms with Gasteiger partial charge in [-0.1, -0.05) is 35.9 Å². The van der Waals surface area contributed by atoms with E-state index in [9.17, 15) is 5.11 Å². The highest BCUT2D eigenvalue weighted by Crippen LogP contribution is 2.21. The lowest BCUT2D eigenvalue weighted by Gasteiger charge is -2.16. The van der Waals surface area contributed by atoms with E-state index in [4.69, 9.17) is 4.74 Å². The monoisotopic (exact) mass is 322 g/mol. The van der Waals surface area contributed by atoms with Crippen LogP contribution in [0.3, 0.4) is 0 Å². The van der Waals surface area contributed by atoms with E-state index in [0.29, 0.717) is 6.54 Å². The largest absolute Gasteiger partial charge is 0.491 e. The Morgan fingerprint density at radius 2 is 2.12 bits per heavy atom. The molecule has 0 fully saturated rings. The maximum absolute atomic E-state index is 10.3. The van der Waals surface area contributed by atoms with Crippen LogP contribution in [0.15, 0.2) is 61.4 Å². The lowest BCUT2D eigenvalue weighted by atomic mass is 10.1. The van der Waals surface area contributed by atoms with E-state index in [1.807, 2.05) is 47.0 Å². The zero-order valence-corrected chi connectivity index (χ0v) is 13.9. The van der Waals surface area contributed by atoms with Crippen molar-refractivity contribution < 1.29 is 9.84 Å². The van der Waals surface area contributed by atoms with Crippen LogP contribution in [0.5, 0.6) is 5.75 Å². The van der Waals surface area contributed by atoms with E-state index in [2.05, 4.69) is 24.6 Å². The van der Waals surface area contributed by atoms with Crippen molar-refractivity contribution in [1.82, 2.24) is 9.55 Å². The van der Waals surface area contributed by atoms with Crippen molar-refractivity contribution >= 4 is 11.0 Å². The normalized spacial score (nSPS) is 12.2. The highest BCUT2D eigenvalue weighted by molar-refractivity contribution is 5.74. The summed E-state index contributed by atoms with van der Waals surface area (Å²) in [5.41, 5.74) is 4.21. The molecule has 24 heavy (non-hydrogen) atoms. The summed E-state index contributed by atoms with van der Waals surface area (Å²) in [6.45, 7) is 6.52. The van der Waals surface area contributed by atoms with E-state index >= 15 is 0 Å². The third kappa shape index (κ3) is 3.66. The maximum Gasteiger partial charge on any atom is 0.122 e. The van der Waals surface area contributed by atoms with E-state index in [1.165, 1.54) is 5.56 Å². The van der Waals surface area contributed by atoms with Crippen molar-refractivity contribution in [2.24, 2.45) is 0 Å². The summed E-state index contributed by atoms with van der Waals surface area (Å²) < 4.78 is 7.78. The van der Waals surface area contributed by atoms with Gasteiger partial charge in [0.15, 0.2) is 0 Å². The summed E-state index contributed by atoms with van der Waals surface area (Å²) in [4.78, 5) is 4.34. The number of imidazole rings is 1. The van der Waals surface area contributed by atoms with Crippen molar-refractivity contribution in [2.45, 2.75) is 26.0 Å². The Balaban J connectivity index is 1.65. The number of aliphatic hydroxyl groups excluding tert-OH is 1. The quantitative estimate of drug-likeness (QED) is 0.677. The number of benzene rings is 2. The van der Waals surface area contributed by atoms with Gasteiger partial charge in [0.2, 0.25) is 0 Å². The van der Waals surface area contributed by atoms with Crippen LogP contribution < -0.4 is 4.74 Å². The minimum Gasteiger partial charge on any atom is -0.491 e. The van der Waals surface area contributed by atoms with E-state index < -0.39 is 6.10 Å². The Morgan fingerprint density at radius 1 is 1.29 bits per heavy atom. The number of allylic oxidation sites excluding steroid dienone is 1. The lowest BCUT2D eigenvalue weighted by Crippen LogP contribution is -2.23. The first-order valence-electron chi connectivity index (χ1n) is 8.08. The average molecular weight is 322 g/mol. The molecule has 1 aromatic heterocycles. The number of para-hydroxylation sites is 2. The van der Waals surface area contributed by atoms with E-state index in [1.54, 1.807) is 6.33 Å². The second kappa shape index (κ2) is 7.32. The Kier molecular flexibility index (Phi) is 4.96. The summed E-state index contributed by atoms with van der Waals surface area (Å²) in [6, 6.07) is 13.9. The van der Waals surface area contributed by atoms with Gasteiger partial charge in [-0.25, -0.2) is 4.98 Å². The van der Waals surface area contributed by atoms with Gasteiger partial charge in [-0.2, -0.15) is 0 Å². The molecule has 0 saturated carbocycles. The van der Waals surface area contributed by atoms with Crippen LogP contribution >= 0.6 is 0 Å². The summed E-state index contributed by atoms with van der Waals surface area (Å²) >= 11 is 0. The Hall–Kier alpha value is -2.59. The van der Waals surface area contributed by atoms with Gasteiger partial charge < -0.3 is 14.4 Å². The van der Waals surface area contributed by atoms with Gasteiger partial charge in [0.1, 0.15) is 18.5 Å². The molecular weight excluding hydrogens is 300 g/mol.